The summed E-state index contributed by atoms with van der Waals surface area (Å²) in [6, 6.07) is 5.60. The number of aliphatic hydroxyl groups excluding tert-OH is 1. The van der Waals surface area contributed by atoms with Gasteiger partial charge in [-0.05, 0) is 44.9 Å². The van der Waals surface area contributed by atoms with Crippen molar-refractivity contribution in [2.75, 3.05) is 32.9 Å². The predicted octanol–water partition coefficient (Wildman–Crippen LogP) is 2.17. The standard InChI is InChI=1S/C21H30N2O5/c1-4-26-21(25)20-14(2)23(3)19-8-7-16(10-18(19)20)28-13-15(24)11-22-12-17-6-5-9-27-17/h7-8,10,15,17,22,24H,4-6,9,11-13H2,1-3H3/t15-,17-/m0/s1. The largest absolute Gasteiger partial charge is 0.491 e. The molecule has 0 unspecified atom stereocenters. The number of aromatic nitrogens is 1. The highest BCUT2D eigenvalue weighted by Crippen LogP contribution is 2.29. The molecule has 2 atom stereocenters. The van der Waals surface area contributed by atoms with Crippen LogP contribution in [0.25, 0.3) is 10.9 Å². The van der Waals surface area contributed by atoms with Gasteiger partial charge < -0.3 is 29.2 Å². The predicted molar refractivity (Wildman–Crippen MR) is 107 cm³/mol. The summed E-state index contributed by atoms with van der Waals surface area (Å²) in [4.78, 5) is 12.4. The molecule has 0 amide bonds. The Morgan fingerprint density at radius 2 is 2.29 bits per heavy atom. The number of nitrogens with one attached hydrogen (secondary N) is 1. The van der Waals surface area contributed by atoms with Crippen LogP contribution in [0.4, 0.5) is 0 Å². The van der Waals surface area contributed by atoms with Crippen molar-refractivity contribution in [2.24, 2.45) is 7.05 Å². The maximum atomic E-state index is 12.4. The highest BCUT2D eigenvalue weighted by Gasteiger charge is 2.20. The number of carbonyl (C=O) groups excluding carboxylic acids is 1. The van der Waals surface area contributed by atoms with Gasteiger partial charge in [-0.3, -0.25) is 0 Å². The quantitative estimate of drug-likeness (QED) is 0.639. The minimum absolute atomic E-state index is 0.171. The summed E-state index contributed by atoms with van der Waals surface area (Å²) in [6.45, 7) is 6.21. The first-order valence-corrected chi connectivity index (χ1v) is 9.90. The van der Waals surface area contributed by atoms with E-state index in [0.29, 0.717) is 24.5 Å². The van der Waals surface area contributed by atoms with Crippen LogP contribution in [0.15, 0.2) is 18.2 Å². The van der Waals surface area contributed by atoms with Crippen molar-refractivity contribution in [3.05, 3.63) is 29.5 Å². The molecule has 0 spiro atoms. The van der Waals surface area contributed by atoms with Crippen LogP contribution in [0.2, 0.25) is 0 Å². The number of aryl methyl sites for hydroxylation is 1. The molecule has 2 N–H and O–H groups in total. The van der Waals surface area contributed by atoms with Crippen molar-refractivity contribution >= 4 is 16.9 Å². The second-order valence-corrected chi connectivity index (χ2v) is 7.18. The Morgan fingerprint density at radius 3 is 3.00 bits per heavy atom. The van der Waals surface area contributed by atoms with Gasteiger partial charge in [-0.25, -0.2) is 4.79 Å². The Bertz CT molecular complexity index is 811. The van der Waals surface area contributed by atoms with Gasteiger partial charge >= 0.3 is 5.97 Å². The molecule has 1 aromatic heterocycles. The topological polar surface area (TPSA) is 82.0 Å². The molecule has 3 rings (SSSR count). The zero-order chi connectivity index (χ0) is 20.1. The van der Waals surface area contributed by atoms with Crippen molar-refractivity contribution in [3.8, 4) is 5.75 Å². The van der Waals surface area contributed by atoms with Crippen LogP contribution in [-0.2, 0) is 16.5 Å². The van der Waals surface area contributed by atoms with Gasteiger partial charge in [0.15, 0.2) is 0 Å². The van der Waals surface area contributed by atoms with E-state index < -0.39 is 6.10 Å². The minimum atomic E-state index is -0.626. The van der Waals surface area contributed by atoms with Crippen LogP contribution >= 0.6 is 0 Å². The number of hydrogen-bond donors (Lipinski definition) is 2. The van der Waals surface area contributed by atoms with Crippen molar-refractivity contribution < 1.29 is 24.1 Å². The molecule has 0 radical (unpaired) electrons. The maximum absolute atomic E-state index is 12.4. The number of ether oxygens (including phenoxy) is 3. The smallest absolute Gasteiger partial charge is 0.340 e. The normalized spacial score (nSPS) is 17.8. The van der Waals surface area contributed by atoms with E-state index in [9.17, 15) is 9.90 Å². The number of fused-ring (bicyclic) bond motifs is 1. The van der Waals surface area contributed by atoms with Crippen molar-refractivity contribution in [3.63, 3.8) is 0 Å². The molecule has 154 valence electrons. The summed E-state index contributed by atoms with van der Waals surface area (Å²) in [7, 11) is 1.92. The van der Waals surface area contributed by atoms with Crippen LogP contribution in [0.5, 0.6) is 5.75 Å². The Kier molecular flexibility index (Phi) is 6.93. The molecule has 1 aromatic carbocycles. The third-order valence-corrected chi connectivity index (χ3v) is 5.16. The fourth-order valence-corrected chi connectivity index (χ4v) is 3.57. The van der Waals surface area contributed by atoms with E-state index in [-0.39, 0.29) is 18.7 Å². The van der Waals surface area contributed by atoms with E-state index in [2.05, 4.69) is 5.32 Å². The molecular formula is C21H30N2O5. The molecule has 1 saturated heterocycles. The lowest BCUT2D eigenvalue weighted by atomic mass is 10.1. The second-order valence-electron chi connectivity index (χ2n) is 7.18. The molecule has 7 nitrogen and oxygen atoms in total. The van der Waals surface area contributed by atoms with Crippen LogP contribution in [-0.4, -0.2) is 60.8 Å². The Labute approximate surface area is 165 Å². The van der Waals surface area contributed by atoms with Crippen molar-refractivity contribution in [1.82, 2.24) is 9.88 Å². The number of rotatable bonds is 9. The van der Waals surface area contributed by atoms with Crippen LogP contribution in [0.1, 0.15) is 35.8 Å². The summed E-state index contributed by atoms with van der Waals surface area (Å²) in [5.74, 6) is 0.281. The molecule has 0 aliphatic carbocycles. The molecular weight excluding hydrogens is 360 g/mol. The van der Waals surface area contributed by atoms with Gasteiger partial charge in [0.05, 0.1) is 18.3 Å². The highest BCUT2D eigenvalue weighted by atomic mass is 16.5. The number of esters is 1. The average Bonchev–Trinajstić information content (AvgIpc) is 3.27. The first-order valence-electron chi connectivity index (χ1n) is 9.90. The fraction of sp³-hybridized carbons (Fsp3) is 0.571. The summed E-state index contributed by atoms with van der Waals surface area (Å²) < 4.78 is 18.5. The van der Waals surface area contributed by atoms with Crippen molar-refractivity contribution in [1.29, 1.82) is 0 Å². The van der Waals surface area contributed by atoms with Gasteiger partial charge in [0.1, 0.15) is 18.5 Å². The van der Waals surface area contributed by atoms with Gasteiger partial charge in [0, 0.05) is 43.3 Å². The van der Waals surface area contributed by atoms with Crippen LogP contribution < -0.4 is 10.1 Å². The third kappa shape index (κ3) is 4.66. The van der Waals surface area contributed by atoms with Crippen LogP contribution in [0.3, 0.4) is 0 Å². The van der Waals surface area contributed by atoms with E-state index >= 15 is 0 Å². The third-order valence-electron chi connectivity index (χ3n) is 5.16. The van der Waals surface area contributed by atoms with Gasteiger partial charge in [-0.2, -0.15) is 0 Å². The summed E-state index contributed by atoms with van der Waals surface area (Å²) in [5.41, 5.74) is 2.35. The average molecular weight is 390 g/mol. The zero-order valence-corrected chi connectivity index (χ0v) is 16.9. The van der Waals surface area contributed by atoms with E-state index in [0.717, 1.165) is 42.6 Å². The van der Waals surface area contributed by atoms with E-state index in [1.165, 1.54) is 0 Å². The van der Waals surface area contributed by atoms with E-state index in [4.69, 9.17) is 14.2 Å². The number of benzene rings is 1. The number of nitrogens with zero attached hydrogens (tertiary/aromatic N) is 1. The minimum Gasteiger partial charge on any atom is -0.491 e. The lowest BCUT2D eigenvalue weighted by molar-refractivity contribution is 0.0527. The first kappa shape index (κ1) is 20.6. The van der Waals surface area contributed by atoms with Gasteiger partial charge in [-0.1, -0.05) is 0 Å². The van der Waals surface area contributed by atoms with Crippen molar-refractivity contribution in [2.45, 2.75) is 38.9 Å². The van der Waals surface area contributed by atoms with Gasteiger partial charge in [-0.15, -0.1) is 0 Å². The van der Waals surface area contributed by atoms with E-state index in [1.54, 1.807) is 6.92 Å². The monoisotopic (exact) mass is 390 g/mol. The number of carbonyl (C=O) groups is 1. The SMILES string of the molecule is CCOC(=O)c1c(C)n(C)c2ccc(OC[C@@H](O)CNC[C@@H]3CCCO3)cc12. The zero-order valence-electron chi connectivity index (χ0n) is 16.9. The molecule has 2 aromatic rings. The lowest BCUT2D eigenvalue weighted by Gasteiger charge is -2.15. The summed E-state index contributed by atoms with van der Waals surface area (Å²) in [5, 5.41) is 14.2. The summed E-state index contributed by atoms with van der Waals surface area (Å²) in [6.07, 6.45) is 1.80. The number of aliphatic hydroxyl groups is 1. The molecule has 0 bridgehead atoms. The Hall–Kier alpha value is -2.09. The molecule has 0 saturated carbocycles. The molecule has 1 aliphatic heterocycles. The maximum Gasteiger partial charge on any atom is 0.340 e. The molecule has 28 heavy (non-hydrogen) atoms. The highest BCUT2D eigenvalue weighted by molar-refractivity contribution is 6.06. The first-order chi connectivity index (χ1) is 13.5. The lowest BCUT2D eigenvalue weighted by Crippen LogP contribution is -2.35. The second kappa shape index (κ2) is 9.41. The molecule has 1 aliphatic rings. The fourth-order valence-electron chi connectivity index (χ4n) is 3.57. The van der Waals surface area contributed by atoms with Gasteiger partial charge in [0.25, 0.3) is 0 Å². The molecule has 7 heteroatoms. The number of hydrogen-bond acceptors (Lipinski definition) is 6. The Morgan fingerprint density at radius 1 is 1.46 bits per heavy atom. The van der Waals surface area contributed by atoms with Gasteiger partial charge in [0.2, 0.25) is 0 Å². The summed E-state index contributed by atoms with van der Waals surface area (Å²) >= 11 is 0. The molecule has 1 fully saturated rings. The van der Waals surface area contributed by atoms with E-state index in [1.807, 2.05) is 36.7 Å². The van der Waals surface area contributed by atoms with Crippen LogP contribution in [0, 0.1) is 6.92 Å². The molecule has 2 heterocycles. The Balaban J connectivity index is 1.61.